The minimum absolute atomic E-state index is 0.170. The second kappa shape index (κ2) is 6.59. The Morgan fingerprint density at radius 3 is 2.20 bits per heavy atom. The van der Waals surface area contributed by atoms with Gasteiger partial charge in [0.25, 0.3) is 5.91 Å². The van der Waals surface area contributed by atoms with Gasteiger partial charge in [0.05, 0.1) is 22.8 Å². The number of amides is 1. The third-order valence-electron chi connectivity index (χ3n) is 6.15. The molecule has 0 bridgehead atoms. The number of benzene rings is 1. The van der Waals surface area contributed by atoms with E-state index >= 15 is 0 Å². The molecule has 3 heterocycles. The van der Waals surface area contributed by atoms with Crippen LogP contribution in [0.1, 0.15) is 56.7 Å². The molecule has 2 aromatic rings. The number of hydrogen-bond donors (Lipinski definition) is 0. The molecule has 6 nitrogen and oxygen atoms in total. The summed E-state index contributed by atoms with van der Waals surface area (Å²) in [4.78, 5) is 14.8. The molecule has 2 aliphatic heterocycles. The molecule has 0 radical (unpaired) electrons. The Labute approximate surface area is 173 Å². The first-order chi connectivity index (χ1) is 13.8. The molecule has 1 saturated heterocycles. The van der Waals surface area contributed by atoms with Crippen molar-refractivity contribution in [2.24, 2.45) is 0 Å². The number of anilines is 1. The second-order valence-corrected chi connectivity index (χ2v) is 8.79. The predicted octanol–water partition coefficient (Wildman–Crippen LogP) is 3.42. The highest BCUT2D eigenvalue weighted by Gasteiger charge is 2.54. The van der Waals surface area contributed by atoms with Crippen molar-refractivity contribution in [2.45, 2.75) is 58.0 Å². The van der Waals surface area contributed by atoms with Gasteiger partial charge in [-0.3, -0.25) is 9.48 Å². The van der Waals surface area contributed by atoms with Gasteiger partial charge < -0.3 is 14.2 Å². The molecule has 0 saturated carbocycles. The highest BCUT2D eigenvalue weighted by Crippen LogP contribution is 2.37. The molecule has 4 rings (SSSR count). The number of nitrogens with zero attached hydrogens (tertiary/aromatic N) is 3. The number of aromatic nitrogens is 2. The fourth-order valence-electron chi connectivity index (χ4n) is 3.68. The largest absolute Gasteiger partial charge is 0.498 e. The molecule has 1 aromatic carbocycles. The number of halogens is 3. The molecule has 0 aliphatic carbocycles. The Hall–Kier alpha value is -2.33. The molecular weight excluding hydrogens is 398 g/mol. The Balaban J connectivity index is 1.69. The zero-order chi connectivity index (χ0) is 22.1. The summed E-state index contributed by atoms with van der Waals surface area (Å²) in [6, 6.07) is 4.42. The lowest BCUT2D eigenvalue weighted by Crippen LogP contribution is -2.47. The van der Waals surface area contributed by atoms with Crippen LogP contribution in [-0.2, 0) is 15.5 Å². The van der Waals surface area contributed by atoms with Crippen LogP contribution in [0.25, 0.3) is 0 Å². The second-order valence-electron chi connectivity index (χ2n) is 8.79. The predicted molar refractivity (Wildman–Crippen MR) is 106 cm³/mol. The summed E-state index contributed by atoms with van der Waals surface area (Å²) >= 11 is 0. The van der Waals surface area contributed by atoms with Gasteiger partial charge in [-0.05, 0) is 58.9 Å². The van der Waals surface area contributed by atoms with Gasteiger partial charge in [-0.1, -0.05) is 0 Å². The monoisotopic (exact) mass is 421 g/mol. The Morgan fingerprint density at radius 1 is 1.10 bits per heavy atom. The number of alkyl halides is 3. The van der Waals surface area contributed by atoms with Crippen molar-refractivity contribution in [3.63, 3.8) is 0 Å². The van der Waals surface area contributed by atoms with E-state index in [1.54, 1.807) is 10.9 Å². The average Bonchev–Trinajstić information content (AvgIpc) is 3.17. The normalized spacial score (nSPS) is 23.1. The SMILES string of the molecule is CC1CN(c2ccc(C(F)(F)F)cc2)C(=O)c2c(B3OC(C)(C)C(C)(C)O3)cnn21. The number of carbonyl (C=O) groups excluding carboxylic acids is 1. The first-order valence-corrected chi connectivity index (χ1v) is 9.74. The van der Waals surface area contributed by atoms with Crippen LogP contribution in [-0.4, -0.2) is 40.6 Å². The lowest BCUT2D eigenvalue weighted by atomic mass is 9.78. The molecule has 1 amide bonds. The van der Waals surface area contributed by atoms with E-state index in [1.807, 2.05) is 34.6 Å². The van der Waals surface area contributed by atoms with Gasteiger partial charge in [-0.25, -0.2) is 0 Å². The number of hydrogen-bond acceptors (Lipinski definition) is 4. The van der Waals surface area contributed by atoms with Gasteiger partial charge >= 0.3 is 13.3 Å². The summed E-state index contributed by atoms with van der Waals surface area (Å²) < 4.78 is 52.5. The molecule has 1 fully saturated rings. The van der Waals surface area contributed by atoms with Crippen molar-refractivity contribution < 1.29 is 27.3 Å². The summed E-state index contributed by atoms with van der Waals surface area (Å²) in [7, 11) is -0.762. The van der Waals surface area contributed by atoms with E-state index in [0.29, 0.717) is 23.4 Å². The lowest BCUT2D eigenvalue weighted by Gasteiger charge is -2.32. The zero-order valence-corrected chi connectivity index (χ0v) is 17.4. The van der Waals surface area contributed by atoms with Gasteiger partial charge in [-0.2, -0.15) is 18.3 Å². The summed E-state index contributed by atoms with van der Waals surface area (Å²) in [5, 5.41) is 4.36. The standard InChI is InChI=1S/C20H23BF3N3O3/c1-12-11-26(14-8-6-13(7-9-14)20(22,23)24)17(28)16-15(10-25-27(12)16)21-29-18(2,3)19(4,5)30-21/h6-10,12H,11H2,1-5H3. The summed E-state index contributed by atoms with van der Waals surface area (Å²) in [6.45, 7) is 9.86. The van der Waals surface area contributed by atoms with Crippen molar-refractivity contribution in [2.75, 3.05) is 11.4 Å². The van der Waals surface area contributed by atoms with Crippen LogP contribution in [0.4, 0.5) is 18.9 Å². The van der Waals surface area contributed by atoms with E-state index < -0.39 is 30.1 Å². The first-order valence-electron chi connectivity index (χ1n) is 9.74. The number of carbonyl (C=O) groups is 1. The summed E-state index contributed by atoms with van der Waals surface area (Å²) in [5.41, 5.74) is -0.681. The highest BCUT2D eigenvalue weighted by molar-refractivity contribution is 6.63. The molecule has 10 heteroatoms. The van der Waals surface area contributed by atoms with E-state index in [1.165, 1.54) is 17.0 Å². The molecule has 1 unspecified atom stereocenters. The van der Waals surface area contributed by atoms with Crippen LogP contribution < -0.4 is 10.4 Å². The third-order valence-corrected chi connectivity index (χ3v) is 6.15. The molecule has 0 N–H and O–H groups in total. The van der Waals surface area contributed by atoms with Crippen molar-refractivity contribution >= 4 is 24.2 Å². The Morgan fingerprint density at radius 2 is 1.67 bits per heavy atom. The zero-order valence-electron chi connectivity index (χ0n) is 17.4. The minimum atomic E-state index is -4.43. The number of rotatable bonds is 2. The summed E-state index contributed by atoms with van der Waals surface area (Å²) in [5.74, 6) is -0.352. The van der Waals surface area contributed by atoms with E-state index in [2.05, 4.69) is 5.10 Å². The molecule has 0 spiro atoms. The van der Waals surface area contributed by atoms with E-state index in [9.17, 15) is 18.0 Å². The molecular formula is C20H23BF3N3O3. The fraction of sp³-hybridized carbons (Fsp3) is 0.500. The van der Waals surface area contributed by atoms with Crippen LogP contribution in [0, 0.1) is 0 Å². The fourth-order valence-corrected chi connectivity index (χ4v) is 3.68. The number of fused-ring (bicyclic) bond motifs is 1. The maximum absolute atomic E-state index is 13.3. The maximum Gasteiger partial charge on any atom is 0.498 e. The van der Waals surface area contributed by atoms with E-state index in [0.717, 1.165) is 12.1 Å². The van der Waals surface area contributed by atoms with E-state index in [-0.39, 0.29) is 11.9 Å². The third kappa shape index (κ3) is 3.22. The van der Waals surface area contributed by atoms with Crippen molar-refractivity contribution in [1.29, 1.82) is 0 Å². The van der Waals surface area contributed by atoms with Crippen molar-refractivity contribution in [3.8, 4) is 0 Å². The molecule has 160 valence electrons. The molecule has 1 atom stereocenters. The molecule has 1 aromatic heterocycles. The topological polar surface area (TPSA) is 56.6 Å². The maximum atomic E-state index is 13.3. The van der Waals surface area contributed by atoms with Gasteiger partial charge in [0.1, 0.15) is 5.69 Å². The van der Waals surface area contributed by atoms with Crippen LogP contribution in [0.15, 0.2) is 30.5 Å². The van der Waals surface area contributed by atoms with Crippen LogP contribution >= 0.6 is 0 Å². The Kier molecular flexibility index (Phi) is 4.59. The minimum Gasteiger partial charge on any atom is -0.399 e. The van der Waals surface area contributed by atoms with Gasteiger partial charge in [0.2, 0.25) is 0 Å². The van der Waals surface area contributed by atoms with Crippen LogP contribution in [0.3, 0.4) is 0 Å². The van der Waals surface area contributed by atoms with Gasteiger partial charge in [0, 0.05) is 23.9 Å². The molecule has 30 heavy (non-hydrogen) atoms. The van der Waals surface area contributed by atoms with Gasteiger partial charge in [0.15, 0.2) is 0 Å². The van der Waals surface area contributed by atoms with E-state index in [4.69, 9.17) is 9.31 Å². The highest BCUT2D eigenvalue weighted by atomic mass is 19.4. The van der Waals surface area contributed by atoms with Crippen LogP contribution in [0.5, 0.6) is 0 Å². The van der Waals surface area contributed by atoms with Crippen molar-refractivity contribution in [1.82, 2.24) is 9.78 Å². The quantitative estimate of drug-likeness (QED) is 0.698. The smallest absolute Gasteiger partial charge is 0.399 e. The Bertz CT molecular complexity index is 969. The van der Waals surface area contributed by atoms with Crippen LogP contribution in [0.2, 0.25) is 0 Å². The molecule has 2 aliphatic rings. The lowest BCUT2D eigenvalue weighted by molar-refractivity contribution is -0.137. The van der Waals surface area contributed by atoms with Crippen molar-refractivity contribution in [3.05, 3.63) is 41.7 Å². The van der Waals surface area contributed by atoms with Gasteiger partial charge in [-0.15, -0.1) is 0 Å². The average molecular weight is 421 g/mol. The summed E-state index contributed by atoms with van der Waals surface area (Å²) in [6.07, 6.45) is -2.86. The first kappa shape index (κ1) is 20.9.